The van der Waals surface area contributed by atoms with Gasteiger partial charge in [-0.05, 0) is 12.5 Å². The normalized spacial score (nSPS) is 11.0. The van der Waals surface area contributed by atoms with Crippen molar-refractivity contribution in [3.8, 4) is 0 Å². The zero-order chi connectivity index (χ0) is 15.4. The third-order valence-electron chi connectivity index (χ3n) is 3.14. The Hall–Kier alpha value is -2.69. The average Bonchev–Trinajstić information content (AvgIpc) is 2.48. The van der Waals surface area contributed by atoms with E-state index >= 15 is 0 Å². The lowest BCUT2D eigenvalue weighted by Gasteiger charge is -2.07. The first-order valence-electron chi connectivity index (χ1n) is 6.53. The van der Waals surface area contributed by atoms with Crippen LogP contribution in [0.4, 0.5) is 0 Å². The van der Waals surface area contributed by atoms with Gasteiger partial charge in [0.05, 0.1) is 5.56 Å². The van der Waals surface area contributed by atoms with E-state index in [9.17, 15) is 14.4 Å². The van der Waals surface area contributed by atoms with Gasteiger partial charge in [0.25, 0.3) is 5.56 Å². The molecule has 0 amide bonds. The van der Waals surface area contributed by atoms with E-state index < -0.39 is 11.2 Å². The zero-order valence-corrected chi connectivity index (χ0v) is 11.9. The monoisotopic (exact) mass is 284 g/mol. The molecule has 5 heteroatoms. The van der Waals surface area contributed by atoms with Crippen LogP contribution >= 0.6 is 0 Å². The average molecular weight is 284 g/mol. The number of hydrogen-bond acceptors (Lipinski definition) is 3. The highest BCUT2D eigenvalue weighted by molar-refractivity contribution is 5.93. The number of Topliss-reactive ketones (excluding diaryl/α,β-unsaturated/α-hetero) is 1. The first-order chi connectivity index (χ1) is 10.0. The quantitative estimate of drug-likeness (QED) is 0.799. The van der Waals surface area contributed by atoms with Gasteiger partial charge in [0.2, 0.25) is 0 Å². The molecule has 0 saturated carbocycles. The summed E-state index contributed by atoms with van der Waals surface area (Å²) in [5.74, 6) is -0.351. The van der Waals surface area contributed by atoms with Crippen molar-refractivity contribution < 1.29 is 4.79 Å². The summed E-state index contributed by atoms with van der Waals surface area (Å²) in [5.41, 5.74) is 0.0332. The smallest absolute Gasteiger partial charge is 0.296 e. The van der Waals surface area contributed by atoms with Gasteiger partial charge in [0.15, 0.2) is 5.78 Å². The molecule has 0 radical (unpaired) electrons. The van der Waals surface area contributed by atoms with Crippen LogP contribution in [-0.4, -0.2) is 14.9 Å². The maximum absolute atomic E-state index is 12.0. The minimum atomic E-state index is -0.559. The van der Waals surface area contributed by atoms with Gasteiger partial charge in [0, 0.05) is 19.8 Å². The van der Waals surface area contributed by atoms with Gasteiger partial charge in [-0.3, -0.25) is 18.7 Å². The fourth-order valence-electron chi connectivity index (χ4n) is 1.97. The standard InChI is InChI=1S/C16H16N2O3/c1-12(19)14-11-18(16(21)17(2)15(14)20)10-6-9-13-7-4-3-5-8-13/h3-9,11H,10H2,1-2H3/b9-6+. The van der Waals surface area contributed by atoms with E-state index in [1.807, 2.05) is 42.5 Å². The second kappa shape index (κ2) is 6.17. The number of carbonyl (C=O) groups excluding carboxylic acids is 1. The highest BCUT2D eigenvalue weighted by Gasteiger charge is 2.11. The summed E-state index contributed by atoms with van der Waals surface area (Å²) in [6.07, 6.45) is 5.01. The Morgan fingerprint density at radius 1 is 1.19 bits per heavy atom. The molecule has 21 heavy (non-hydrogen) atoms. The molecule has 0 fully saturated rings. The molecule has 0 aliphatic carbocycles. The molecule has 0 spiro atoms. The number of hydrogen-bond donors (Lipinski definition) is 0. The van der Waals surface area contributed by atoms with Gasteiger partial charge in [0.1, 0.15) is 0 Å². The summed E-state index contributed by atoms with van der Waals surface area (Å²) >= 11 is 0. The Bertz CT molecular complexity index is 799. The third-order valence-corrected chi connectivity index (χ3v) is 3.14. The van der Waals surface area contributed by atoms with Crippen LogP contribution in [-0.2, 0) is 13.6 Å². The number of aromatic nitrogens is 2. The molecule has 0 unspecified atom stereocenters. The lowest BCUT2D eigenvalue weighted by molar-refractivity contribution is 0.101. The summed E-state index contributed by atoms with van der Waals surface area (Å²) < 4.78 is 2.30. The molecule has 1 aromatic heterocycles. The van der Waals surface area contributed by atoms with Crippen LogP contribution in [0.15, 0.2) is 52.2 Å². The molecule has 5 nitrogen and oxygen atoms in total. The second-order valence-electron chi connectivity index (χ2n) is 4.71. The topological polar surface area (TPSA) is 61.1 Å². The predicted molar refractivity (Wildman–Crippen MR) is 81.4 cm³/mol. The van der Waals surface area contributed by atoms with Crippen LogP contribution < -0.4 is 11.2 Å². The fraction of sp³-hybridized carbons (Fsp3) is 0.188. The van der Waals surface area contributed by atoms with Crippen molar-refractivity contribution in [3.63, 3.8) is 0 Å². The van der Waals surface area contributed by atoms with Crippen molar-refractivity contribution in [1.29, 1.82) is 0 Å². The van der Waals surface area contributed by atoms with Gasteiger partial charge < -0.3 is 0 Å². The van der Waals surface area contributed by atoms with E-state index in [2.05, 4.69) is 0 Å². The van der Waals surface area contributed by atoms with Crippen molar-refractivity contribution in [2.24, 2.45) is 7.05 Å². The van der Waals surface area contributed by atoms with Gasteiger partial charge in [-0.25, -0.2) is 4.79 Å². The molecular formula is C16H16N2O3. The van der Waals surface area contributed by atoms with Gasteiger partial charge in [-0.1, -0.05) is 42.5 Å². The lowest BCUT2D eigenvalue weighted by atomic mass is 10.2. The Balaban J connectivity index is 2.33. The summed E-state index contributed by atoms with van der Waals surface area (Å²) in [7, 11) is 1.37. The maximum atomic E-state index is 12.0. The highest BCUT2D eigenvalue weighted by atomic mass is 16.2. The number of allylic oxidation sites excluding steroid dienone is 1. The summed E-state index contributed by atoms with van der Waals surface area (Å²) in [4.78, 5) is 35.2. The first-order valence-corrected chi connectivity index (χ1v) is 6.53. The number of rotatable bonds is 4. The minimum Gasteiger partial charge on any atom is -0.296 e. The molecule has 0 saturated heterocycles. The Morgan fingerprint density at radius 3 is 2.48 bits per heavy atom. The van der Waals surface area contributed by atoms with E-state index in [-0.39, 0.29) is 11.3 Å². The lowest BCUT2D eigenvalue weighted by Crippen LogP contribution is -2.40. The van der Waals surface area contributed by atoms with Crippen LogP contribution in [0.1, 0.15) is 22.8 Å². The Labute approximate surface area is 121 Å². The van der Waals surface area contributed by atoms with Crippen LogP contribution in [0.3, 0.4) is 0 Å². The predicted octanol–water partition coefficient (Wildman–Crippen LogP) is 1.46. The molecule has 0 bridgehead atoms. The van der Waals surface area contributed by atoms with Crippen LogP contribution in [0, 0.1) is 0 Å². The molecule has 2 aromatic rings. The van der Waals surface area contributed by atoms with Crippen molar-refractivity contribution in [2.75, 3.05) is 0 Å². The minimum absolute atomic E-state index is 0.0187. The molecule has 108 valence electrons. The molecule has 2 rings (SSSR count). The van der Waals surface area contributed by atoms with Crippen LogP contribution in [0.2, 0.25) is 0 Å². The molecule has 0 aliphatic heterocycles. The first kappa shape index (κ1) is 14.7. The van der Waals surface area contributed by atoms with E-state index in [0.717, 1.165) is 10.1 Å². The van der Waals surface area contributed by atoms with Crippen molar-refractivity contribution in [3.05, 3.63) is 74.6 Å². The highest BCUT2D eigenvalue weighted by Crippen LogP contribution is 2.01. The molecule has 0 N–H and O–H groups in total. The van der Waals surface area contributed by atoms with Crippen molar-refractivity contribution in [1.82, 2.24) is 9.13 Å². The number of ketones is 1. The number of carbonyl (C=O) groups is 1. The molecular weight excluding hydrogens is 268 g/mol. The molecule has 1 aromatic carbocycles. The van der Waals surface area contributed by atoms with Gasteiger partial charge >= 0.3 is 5.69 Å². The second-order valence-corrected chi connectivity index (χ2v) is 4.71. The van der Waals surface area contributed by atoms with Gasteiger partial charge in [-0.15, -0.1) is 0 Å². The Kier molecular flexibility index (Phi) is 4.33. The van der Waals surface area contributed by atoms with E-state index in [1.165, 1.54) is 24.7 Å². The van der Waals surface area contributed by atoms with Crippen LogP contribution in [0.5, 0.6) is 0 Å². The van der Waals surface area contributed by atoms with Crippen LogP contribution in [0.25, 0.3) is 6.08 Å². The summed E-state index contributed by atoms with van der Waals surface area (Å²) in [6, 6.07) is 9.66. The van der Waals surface area contributed by atoms with Gasteiger partial charge in [-0.2, -0.15) is 0 Å². The summed E-state index contributed by atoms with van der Waals surface area (Å²) in [5, 5.41) is 0. The number of nitrogens with zero attached hydrogens (tertiary/aromatic N) is 2. The SMILES string of the molecule is CC(=O)c1cn(C/C=C/c2ccccc2)c(=O)n(C)c1=O. The van der Waals surface area contributed by atoms with E-state index in [4.69, 9.17) is 0 Å². The summed E-state index contributed by atoms with van der Waals surface area (Å²) in [6.45, 7) is 1.60. The van der Waals surface area contributed by atoms with E-state index in [0.29, 0.717) is 6.54 Å². The molecule has 0 aliphatic rings. The third kappa shape index (κ3) is 3.25. The van der Waals surface area contributed by atoms with Crippen molar-refractivity contribution >= 4 is 11.9 Å². The Morgan fingerprint density at radius 2 is 1.86 bits per heavy atom. The molecule has 0 atom stereocenters. The largest absolute Gasteiger partial charge is 0.331 e. The fourth-order valence-corrected chi connectivity index (χ4v) is 1.97. The number of benzene rings is 1. The molecule has 1 heterocycles. The zero-order valence-electron chi connectivity index (χ0n) is 11.9. The van der Waals surface area contributed by atoms with Crippen molar-refractivity contribution in [2.45, 2.75) is 13.5 Å². The maximum Gasteiger partial charge on any atom is 0.331 e. The van der Waals surface area contributed by atoms with E-state index in [1.54, 1.807) is 0 Å².